The van der Waals surface area contributed by atoms with E-state index >= 15 is 0 Å². The van der Waals surface area contributed by atoms with E-state index in [1.807, 2.05) is 28.7 Å². The standard InChI is InChI=1S/C15H12IN3O4/c1-22-14(20)9-4-3-5-10(16)12(9)19-7-8(6-17)11(18)13(19)15(21)23-2/h3-5,7H,18H2,1-2H3. The van der Waals surface area contributed by atoms with Crippen LogP contribution >= 0.6 is 22.6 Å². The van der Waals surface area contributed by atoms with E-state index in [2.05, 4.69) is 0 Å². The minimum absolute atomic E-state index is 0.00480. The van der Waals surface area contributed by atoms with Crippen molar-refractivity contribution in [1.82, 2.24) is 4.57 Å². The molecule has 2 N–H and O–H groups in total. The molecule has 0 saturated heterocycles. The fraction of sp³-hybridized carbons (Fsp3) is 0.133. The molecule has 0 aliphatic rings. The van der Waals surface area contributed by atoms with E-state index in [1.54, 1.807) is 18.2 Å². The minimum atomic E-state index is -0.709. The van der Waals surface area contributed by atoms with Crippen LogP contribution in [0.2, 0.25) is 0 Å². The van der Waals surface area contributed by atoms with Crippen molar-refractivity contribution in [1.29, 1.82) is 5.26 Å². The van der Waals surface area contributed by atoms with Gasteiger partial charge in [-0.1, -0.05) is 6.07 Å². The van der Waals surface area contributed by atoms with Crippen molar-refractivity contribution in [3.8, 4) is 11.8 Å². The van der Waals surface area contributed by atoms with Crippen molar-refractivity contribution in [3.05, 3.63) is 44.8 Å². The van der Waals surface area contributed by atoms with Crippen molar-refractivity contribution in [2.24, 2.45) is 0 Å². The Bertz CT molecular complexity index is 836. The van der Waals surface area contributed by atoms with Crippen LogP contribution in [0, 0.1) is 14.9 Å². The zero-order chi connectivity index (χ0) is 17.1. The number of nitriles is 1. The molecule has 1 aromatic carbocycles. The molecule has 0 radical (unpaired) electrons. The van der Waals surface area contributed by atoms with Crippen molar-refractivity contribution in [2.75, 3.05) is 20.0 Å². The number of carbonyl (C=O) groups is 2. The predicted molar refractivity (Wildman–Crippen MR) is 90.3 cm³/mol. The van der Waals surface area contributed by atoms with Crippen LogP contribution in [0.15, 0.2) is 24.4 Å². The molecule has 2 aromatic rings. The van der Waals surface area contributed by atoms with Gasteiger partial charge in [-0.05, 0) is 34.7 Å². The number of rotatable bonds is 3. The van der Waals surface area contributed by atoms with Gasteiger partial charge in [0, 0.05) is 9.77 Å². The highest BCUT2D eigenvalue weighted by molar-refractivity contribution is 14.1. The highest BCUT2D eigenvalue weighted by Gasteiger charge is 2.25. The van der Waals surface area contributed by atoms with E-state index < -0.39 is 11.9 Å². The monoisotopic (exact) mass is 425 g/mol. The number of carbonyl (C=O) groups excluding carboxylic acids is 2. The molecule has 0 saturated carbocycles. The molecule has 118 valence electrons. The first kappa shape index (κ1) is 16.8. The van der Waals surface area contributed by atoms with E-state index in [-0.39, 0.29) is 22.5 Å². The number of hydrogen-bond acceptors (Lipinski definition) is 6. The number of hydrogen-bond donors (Lipinski definition) is 1. The molecule has 0 amide bonds. The number of anilines is 1. The molecule has 8 heteroatoms. The molecule has 0 spiro atoms. The summed E-state index contributed by atoms with van der Waals surface area (Å²) < 4.78 is 11.6. The van der Waals surface area contributed by atoms with E-state index in [4.69, 9.17) is 20.5 Å². The number of aromatic nitrogens is 1. The predicted octanol–water partition coefficient (Wildman–Crippen LogP) is 2.11. The average Bonchev–Trinajstić information content (AvgIpc) is 2.89. The SMILES string of the molecule is COC(=O)c1cccc(I)c1-n1cc(C#N)c(N)c1C(=O)OC. The van der Waals surface area contributed by atoms with E-state index in [0.717, 1.165) is 0 Å². The van der Waals surface area contributed by atoms with Crippen LogP contribution in [0.1, 0.15) is 26.4 Å². The Labute approximate surface area is 145 Å². The van der Waals surface area contributed by atoms with Crippen LogP contribution < -0.4 is 5.73 Å². The van der Waals surface area contributed by atoms with E-state index in [1.165, 1.54) is 25.0 Å². The van der Waals surface area contributed by atoms with Gasteiger partial charge in [0.2, 0.25) is 0 Å². The number of esters is 2. The molecule has 0 aliphatic heterocycles. The van der Waals surface area contributed by atoms with Crippen molar-refractivity contribution in [3.63, 3.8) is 0 Å². The Morgan fingerprint density at radius 2 is 1.91 bits per heavy atom. The molecule has 23 heavy (non-hydrogen) atoms. The third-order valence-corrected chi connectivity index (χ3v) is 4.05. The lowest BCUT2D eigenvalue weighted by atomic mass is 10.1. The van der Waals surface area contributed by atoms with E-state index in [9.17, 15) is 9.59 Å². The second-order valence-electron chi connectivity index (χ2n) is 4.41. The number of nitrogen functional groups attached to an aromatic ring is 1. The van der Waals surface area contributed by atoms with Gasteiger partial charge in [-0.15, -0.1) is 0 Å². The molecule has 1 heterocycles. The highest BCUT2D eigenvalue weighted by atomic mass is 127. The zero-order valence-corrected chi connectivity index (χ0v) is 14.4. The smallest absolute Gasteiger partial charge is 0.357 e. The molecular weight excluding hydrogens is 413 g/mol. The Kier molecular flexibility index (Phi) is 4.90. The van der Waals surface area contributed by atoms with Crippen LogP contribution in [0.5, 0.6) is 0 Å². The van der Waals surface area contributed by atoms with Gasteiger partial charge in [0.05, 0.1) is 36.7 Å². The van der Waals surface area contributed by atoms with Crippen LogP contribution in [0.25, 0.3) is 5.69 Å². The quantitative estimate of drug-likeness (QED) is 0.597. The molecule has 0 atom stereocenters. The van der Waals surface area contributed by atoms with Gasteiger partial charge >= 0.3 is 11.9 Å². The lowest BCUT2D eigenvalue weighted by Gasteiger charge is -2.14. The largest absolute Gasteiger partial charge is 0.465 e. The number of methoxy groups -OCH3 is 2. The molecule has 2 rings (SSSR count). The number of para-hydroxylation sites is 1. The summed E-state index contributed by atoms with van der Waals surface area (Å²) >= 11 is 2.02. The number of ether oxygens (including phenoxy) is 2. The first-order chi connectivity index (χ1) is 11.0. The Hall–Kier alpha value is -2.54. The number of nitrogens with two attached hydrogens (primary N) is 1. The molecule has 0 fully saturated rings. The third kappa shape index (κ3) is 2.87. The second kappa shape index (κ2) is 6.70. The zero-order valence-electron chi connectivity index (χ0n) is 12.3. The fourth-order valence-corrected chi connectivity index (χ4v) is 2.88. The van der Waals surface area contributed by atoms with Gasteiger partial charge in [0.1, 0.15) is 6.07 Å². The van der Waals surface area contributed by atoms with Crippen LogP contribution in [-0.4, -0.2) is 30.7 Å². The second-order valence-corrected chi connectivity index (χ2v) is 5.57. The summed E-state index contributed by atoms with van der Waals surface area (Å²) in [5, 5.41) is 9.16. The maximum atomic E-state index is 12.1. The van der Waals surface area contributed by atoms with Gasteiger partial charge in [-0.25, -0.2) is 9.59 Å². The van der Waals surface area contributed by atoms with Crippen LogP contribution in [0.4, 0.5) is 5.69 Å². The third-order valence-electron chi connectivity index (χ3n) is 3.18. The van der Waals surface area contributed by atoms with Gasteiger partial charge < -0.3 is 19.8 Å². The fourth-order valence-electron chi connectivity index (χ4n) is 2.13. The number of nitrogens with zero attached hydrogens (tertiary/aromatic N) is 2. The Morgan fingerprint density at radius 1 is 1.26 bits per heavy atom. The minimum Gasteiger partial charge on any atom is -0.465 e. The Morgan fingerprint density at radius 3 is 2.48 bits per heavy atom. The van der Waals surface area contributed by atoms with Gasteiger partial charge in [-0.3, -0.25) is 0 Å². The number of halogens is 1. The van der Waals surface area contributed by atoms with Crippen molar-refractivity contribution < 1.29 is 19.1 Å². The molecule has 7 nitrogen and oxygen atoms in total. The normalized spacial score (nSPS) is 10.0. The summed E-state index contributed by atoms with van der Waals surface area (Å²) in [7, 11) is 2.47. The summed E-state index contributed by atoms with van der Waals surface area (Å²) in [5.74, 6) is -1.28. The van der Waals surface area contributed by atoms with E-state index in [0.29, 0.717) is 9.26 Å². The lowest BCUT2D eigenvalue weighted by molar-refractivity contribution is 0.0581. The summed E-state index contributed by atoms with van der Waals surface area (Å²) in [6, 6.07) is 6.92. The average molecular weight is 425 g/mol. The topological polar surface area (TPSA) is 107 Å². The lowest BCUT2D eigenvalue weighted by Crippen LogP contribution is -2.15. The molecular formula is C15H12IN3O4. The molecule has 1 aromatic heterocycles. The van der Waals surface area contributed by atoms with Crippen LogP contribution in [-0.2, 0) is 9.47 Å². The maximum absolute atomic E-state index is 12.1. The molecule has 0 bridgehead atoms. The van der Waals surface area contributed by atoms with Crippen LogP contribution in [0.3, 0.4) is 0 Å². The summed E-state index contributed by atoms with van der Waals surface area (Å²) in [4.78, 5) is 24.1. The van der Waals surface area contributed by atoms with Crippen molar-refractivity contribution >= 4 is 40.2 Å². The maximum Gasteiger partial charge on any atom is 0.357 e. The van der Waals surface area contributed by atoms with Gasteiger partial charge in [-0.2, -0.15) is 5.26 Å². The molecule has 0 aliphatic carbocycles. The van der Waals surface area contributed by atoms with Gasteiger partial charge in [0.25, 0.3) is 0 Å². The number of benzene rings is 1. The molecule has 0 unspecified atom stereocenters. The Balaban J connectivity index is 2.85. The first-order valence-electron chi connectivity index (χ1n) is 6.32. The summed E-state index contributed by atoms with van der Waals surface area (Å²) in [6.45, 7) is 0. The summed E-state index contributed by atoms with van der Waals surface area (Å²) in [6.07, 6.45) is 1.39. The van der Waals surface area contributed by atoms with Crippen molar-refractivity contribution in [2.45, 2.75) is 0 Å². The first-order valence-corrected chi connectivity index (χ1v) is 7.40. The summed E-state index contributed by atoms with van der Waals surface area (Å²) in [5.41, 5.74) is 6.60. The highest BCUT2D eigenvalue weighted by Crippen LogP contribution is 2.29. The van der Waals surface area contributed by atoms with Gasteiger partial charge in [0.15, 0.2) is 5.69 Å².